The molecule has 0 saturated carbocycles. The van der Waals surface area contributed by atoms with E-state index in [4.69, 9.17) is 4.74 Å². The molecule has 0 fully saturated rings. The Kier molecular flexibility index (Phi) is 8.61. The second kappa shape index (κ2) is 11.2. The van der Waals surface area contributed by atoms with Gasteiger partial charge in [0.25, 0.3) is 0 Å². The van der Waals surface area contributed by atoms with Crippen LogP contribution in [0.15, 0.2) is 48.5 Å². The zero-order valence-corrected chi connectivity index (χ0v) is 18.6. The summed E-state index contributed by atoms with van der Waals surface area (Å²) in [6.45, 7) is 7.77. The predicted molar refractivity (Wildman–Crippen MR) is 121 cm³/mol. The lowest BCUT2D eigenvalue weighted by molar-refractivity contribution is -0.121. The van der Waals surface area contributed by atoms with Gasteiger partial charge in [-0.15, -0.1) is 0 Å². The van der Waals surface area contributed by atoms with Gasteiger partial charge >= 0.3 is 6.09 Å². The monoisotopic (exact) mass is 425 g/mol. The largest absolute Gasteiger partial charge is 0.444 e. The van der Waals surface area contributed by atoms with Crippen molar-refractivity contribution >= 4 is 23.6 Å². The Morgan fingerprint density at radius 3 is 2.26 bits per heavy atom. The molecular weight excluding hydrogens is 394 g/mol. The first kappa shape index (κ1) is 23.9. The lowest BCUT2D eigenvalue weighted by Crippen LogP contribution is -2.35. The number of alkyl carbamates (subject to hydrolysis) is 1. The summed E-state index contributed by atoms with van der Waals surface area (Å²) in [5.41, 5.74) is 2.96. The van der Waals surface area contributed by atoms with Gasteiger partial charge < -0.3 is 20.7 Å². The molecule has 0 aromatic heterocycles. The molecule has 2 aromatic carbocycles. The molecular formula is C24H31N3O4. The molecule has 7 nitrogen and oxygen atoms in total. The average Bonchev–Trinajstić information content (AvgIpc) is 2.67. The minimum absolute atomic E-state index is 0.121. The first-order valence-corrected chi connectivity index (χ1v) is 10.3. The third-order valence-corrected chi connectivity index (χ3v) is 4.27. The topological polar surface area (TPSA) is 96.5 Å². The zero-order valence-electron chi connectivity index (χ0n) is 18.6. The fraction of sp³-hybridized carbons (Fsp3) is 0.375. The number of carbonyl (C=O) groups excluding carboxylic acids is 3. The van der Waals surface area contributed by atoms with Crippen LogP contribution in [0.5, 0.6) is 0 Å². The van der Waals surface area contributed by atoms with Gasteiger partial charge in [-0.25, -0.2) is 4.79 Å². The van der Waals surface area contributed by atoms with Crippen LogP contribution in [0.25, 0.3) is 0 Å². The lowest BCUT2D eigenvalue weighted by Gasteiger charge is -2.19. The number of amides is 3. The van der Waals surface area contributed by atoms with Crippen molar-refractivity contribution in [3.63, 3.8) is 0 Å². The molecule has 0 saturated heterocycles. The van der Waals surface area contributed by atoms with Gasteiger partial charge in [0.05, 0.1) is 6.42 Å². The third kappa shape index (κ3) is 9.33. The van der Waals surface area contributed by atoms with Crippen LogP contribution in [0.4, 0.5) is 10.5 Å². The van der Waals surface area contributed by atoms with Gasteiger partial charge in [-0.3, -0.25) is 9.59 Å². The highest BCUT2D eigenvalue weighted by Gasteiger charge is 2.16. The molecule has 0 bridgehead atoms. The molecule has 0 atom stereocenters. The Bertz CT molecular complexity index is 902. The van der Waals surface area contributed by atoms with Gasteiger partial charge in [-0.1, -0.05) is 48.0 Å². The summed E-state index contributed by atoms with van der Waals surface area (Å²) in [6, 6.07) is 15.2. The van der Waals surface area contributed by atoms with Crippen molar-refractivity contribution < 1.29 is 19.1 Å². The van der Waals surface area contributed by atoms with Crippen molar-refractivity contribution in [2.75, 3.05) is 11.9 Å². The van der Waals surface area contributed by atoms with E-state index in [2.05, 4.69) is 16.0 Å². The van der Waals surface area contributed by atoms with Crippen molar-refractivity contribution in [2.45, 2.75) is 52.7 Å². The maximum Gasteiger partial charge on any atom is 0.407 e. The molecule has 0 aliphatic heterocycles. The lowest BCUT2D eigenvalue weighted by atomic mass is 10.1. The molecule has 7 heteroatoms. The highest BCUT2D eigenvalue weighted by molar-refractivity contribution is 5.93. The quantitative estimate of drug-likeness (QED) is 0.601. The molecule has 166 valence electrons. The Morgan fingerprint density at radius 1 is 0.903 bits per heavy atom. The Morgan fingerprint density at radius 2 is 1.58 bits per heavy atom. The van der Waals surface area contributed by atoms with Crippen LogP contribution in [0, 0.1) is 6.92 Å². The fourth-order valence-corrected chi connectivity index (χ4v) is 2.76. The maximum absolute atomic E-state index is 12.4. The van der Waals surface area contributed by atoms with Crippen LogP contribution in [-0.4, -0.2) is 30.1 Å². The smallest absolute Gasteiger partial charge is 0.407 e. The van der Waals surface area contributed by atoms with Crippen LogP contribution in [0.1, 0.15) is 43.9 Å². The molecule has 0 aliphatic rings. The van der Waals surface area contributed by atoms with E-state index >= 15 is 0 Å². The first-order chi connectivity index (χ1) is 14.6. The number of carbonyl (C=O) groups is 3. The number of aryl methyl sites for hydroxylation is 1. The number of rotatable bonds is 8. The number of para-hydroxylation sites is 1. The predicted octanol–water partition coefficient (Wildman–Crippen LogP) is 3.71. The standard InChI is InChI=1S/C24H31N3O4/c1-17-9-11-18(12-10-17)15-22(29)27-20-8-6-5-7-19(20)16-26-21(28)13-14-25-23(30)31-24(2,3)4/h5-12H,13-16H2,1-4H3,(H,25,30)(H,26,28)(H,27,29). The molecule has 3 amide bonds. The maximum atomic E-state index is 12.4. The summed E-state index contributed by atoms with van der Waals surface area (Å²) in [5, 5.41) is 8.27. The number of ether oxygens (including phenoxy) is 1. The fourth-order valence-electron chi connectivity index (χ4n) is 2.76. The van der Waals surface area contributed by atoms with E-state index in [0.717, 1.165) is 16.7 Å². The molecule has 3 N–H and O–H groups in total. The number of benzene rings is 2. The SMILES string of the molecule is Cc1ccc(CC(=O)Nc2ccccc2CNC(=O)CCNC(=O)OC(C)(C)C)cc1. The second-order valence-corrected chi connectivity index (χ2v) is 8.32. The first-order valence-electron chi connectivity index (χ1n) is 10.3. The van der Waals surface area contributed by atoms with Gasteiger partial charge in [-0.2, -0.15) is 0 Å². The second-order valence-electron chi connectivity index (χ2n) is 8.32. The summed E-state index contributed by atoms with van der Waals surface area (Å²) in [5.74, 6) is -0.332. The summed E-state index contributed by atoms with van der Waals surface area (Å²) in [6.07, 6.45) is -0.152. The molecule has 2 aromatic rings. The molecule has 0 heterocycles. The van der Waals surface area contributed by atoms with Gasteiger partial charge in [0.15, 0.2) is 0 Å². The summed E-state index contributed by atoms with van der Waals surface area (Å²) >= 11 is 0. The minimum Gasteiger partial charge on any atom is -0.444 e. The zero-order chi connectivity index (χ0) is 22.9. The van der Waals surface area contributed by atoms with E-state index in [9.17, 15) is 14.4 Å². The van der Waals surface area contributed by atoms with E-state index in [0.29, 0.717) is 5.69 Å². The summed E-state index contributed by atoms with van der Waals surface area (Å²) < 4.78 is 5.13. The molecule has 0 spiro atoms. The van der Waals surface area contributed by atoms with E-state index in [1.807, 2.05) is 49.4 Å². The molecule has 2 rings (SSSR count). The summed E-state index contributed by atoms with van der Waals surface area (Å²) in [7, 11) is 0. The number of anilines is 1. The van der Waals surface area contributed by atoms with Crippen molar-refractivity contribution in [1.82, 2.24) is 10.6 Å². The van der Waals surface area contributed by atoms with Gasteiger partial charge in [0.2, 0.25) is 11.8 Å². The highest BCUT2D eigenvalue weighted by Crippen LogP contribution is 2.16. The minimum atomic E-state index is -0.583. The van der Waals surface area contributed by atoms with Crippen LogP contribution in [0.2, 0.25) is 0 Å². The number of hydrogen-bond donors (Lipinski definition) is 3. The van der Waals surface area contributed by atoms with Crippen molar-refractivity contribution in [1.29, 1.82) is 0 Å². The van der Waals surface area contributed by atoms with E-state index in [-0.39, 0.29) is 37.7 Å². The Balaban J connectivity index is 1.81. The van der Waals surface area contributed by atoms with Crippen LogP contribution >= 0.6 is 0 Å². The van der Waals surface area contributed by atoms with E-state index < -0.39 is 11.7 Å². The molecule has 0 radical (unpaired) electrons. The molecule has 0 aliphatic carbocycles. The van der Waals surface area contributed by atoms with Gasteiger partial charge in [0.1, 0.15) is 5.60 Å². The van der Waals surface area contributed by atoms with E-state index in [1.165, 1.54) is 0 Å². The van der Waals surface area contributed by atoms with Crippen LogP contribution in [0.3, 0.4) is 0 Å². The molecule has 31 heavy (non-hydrogen) atoms. The van der Waals surface area contributed by atoms with E-state index in [1.54, 1.807) is 26.8 Å². The van der Waals surface area contributed by atoms with Gasteiger partial charge in [0, 0.05) is 25.2 Å². The van der Waals surface area contributed by atoms with Crippen molar-refractivity contribution in [3.8, 4) is 0 Å². The average molecular weight is 426 g/mol. The van der Waals surface area contributed by atoms with Crippen molar-refractivity contribution in [3.05, 3.63) is 65.2 Å². The summed E-state index contributed by atoms with van der Waals surface area (Å²) in [4.78, 5) is 36.1. The normalized spacial score (nSPS) is 10.8. The van der Waals surface area contributed by atoms with Crippen LogP contribution < -0.4 is 16.0 Å². The number of hydrogen-bond acceptors (Lipinski definition) is 4. The Labute approximate surface area is 183 Å². The third-order valence-electron chi connectivity index (χ3n) is 4.27. The van der Waals surface area contributed by atoms with Crippen molar-refractivity contribution in [2.24, 2.45) is 0 Å². The van der Waals surface area contributed by atoms with Gasteiger partial charge in [-0.05, 0) is 44.9 Å². The number of nitrogens with one attached hydrogen (secondary N) is 3. The van der Waals surface area contributed by atoms with Crippen LogP contribution in [-0.2, 0) is 27.3 Å². The molecule has 0 unspecified atom stereocenters. The highest BCUT2D eigenvalue weighted by atomic mass is 16.6. The Hall–Kier alpha value is -3.35.